The first kappa shape index (κ1) is 25.4. The van der Waals surface area contributed by atoms with Crippen LogP contribution < -0.4 is 5.32 Å². The van der Waals surface area contributed by atoms with Crippen LogP contribution in [-0.4, -0.2) is 60.6 Å². The summed E-state index contributed by atoms with van der Waals surface area (Å²) in [6.45, 7) is 12.1. The van der Waals surface area contributed by atoms with Crippen LogP contribution in [0.15, 0.2) is 0 Å². The normalized spacial score (nSPS) is 19.3. The second-order valence-corrected chi connectivity index (χ2v) is 9.49. The van der Waals surface area contributed by atoms with Crippen molar-refractivity contribution in [3.63, 3.8) is 0 Å². The number of ether oxygens (including phenoxy) is 2. The van der Waals surface area contributed by atoms with E-state index in [0.29, 0.717) is 19.4 Å². The van der Waals surface area contributed by atoms with E-state index in [0.717, 1.165) is 25.7 Å². The number of carbonyl (C=O) groups is 3. The highest BCUT2D eigenvalue weighted by atomic mass is 16.6. The molecule has 2 unspecified atom stereocenters. The molecule has 1 aliphatic rings. The van der Waals surface area contributed by atoms with Gasteiger partial charge in [0, 0.05) is 11.5 Å². The number of nitrogens with one attached hydrogen (secondary N) is 1. The summed E-state index contributed by atoms with van der Waals surface area (Å²) in [6, 6.07) is -0.686. The Bertz CT molecular complexity index is 568. The zero-order valence-corrected chi connectivity index (χ0v) is 19.3. The highest BCUT2D eigenvalue weighted by Gasteiger charge is 2.44. The van der Waals surface area contributed by atoms with Crippen LogP contribution in [0.25, 0.3) is 0 Å². The molecule has 168 valence electrons. The van der Waals surface area contributed by atoms with Crippen LogP contribution in [-0.2, 0) is 19.1 Å². The van der Waals surface area contributed by atoms with Crippen molar-refractivity contribution in [2.45, 2.75) is 97.8 Å². The molecule has 0 saturated carbocycles. The number of alkyl carbamates (subject to hydrolysis) is 1. The van der Waals surface area contributed by atoms with Gasteiger partial charge in [0.1, 0.15) is 5.60 Å². The van der Waals surface area contributed by atoms with Crippen LogP contribution in [0.2, 0.25) is 0 Å². The number of carbonyl (C=O) groups excluding carboxylic acids is 3. The van der Waals surface area contributed by atoms with E-state index in [1.54, 1.807) is 0 Å². The summed E-state index contributed by atoms with van der Waals surface area (Å²) in [7, 11) is 1.36. The van der Waals surface area contributed by atoms with E-state index in [1.807, 2.05) is 39.5 Å². The number of hydrogen-bond donors (Lipinski definition) is 1. The number of hydrogen-bond acceptors (Lipinski definition) is 6. The summed E-state index contributed by atoms with van der Waals surface area (Å²) in [4.78, 5) is 39.7. The topological polar surface area (TPSA) is 84.9 Å². The Morgan fingerprint density at radius 3 is 2.34 bits per heavy atom. The lowest BCUT2D eigenvalue weighted by Gasteiger charge is -2.41. The molecule has 1 aliphatic heterocycles. The molecule has 7 heteroatoms. The molecule has 29 heavy (non-hydrogen) atoms. The molecular weight excluding hydrogens is 372 g/mol. The molecule has 1 N–H and O–H groups in total. The Morgan fingerprint density at radius 2 is 1.79 bits per heavy atom. The number of ketones is 1. The Morgan fingerprint density at radius 1 is 1.14 bits per heavy atom. The van der Waals surface area contributed by atoms with Gasteiger partial charge in [-0.3, -0.25) is 14.5 Å². The van der Waals surface area contributed by atoms with Crippen molar-refractivity contribution in [2.75, 3.05) is 20.2 Å². The predicted molar refractivity (Wildman–Crippen MR) is 113 cm³/mol. The molecule has 0 aromatic heterocycles. The number of likely N-dealkylation sites (tertiary alicyclic amines) is 1. The summed E-state index contributed by atoms with van der Waals surface area (Å²) in [5.41, 5.74) is -1.39. The minimum atomic E-state index is -0.789. The van der Waals surface area contributed by atoms with Gasteiger partial charge in [-0.15, -0.1) is 0 Å². The lowest BCUT2D eigenvalue weighted by molar-refractivity contribution is -0.145. The predicted octanol–water partition coefficient (Wildman–Crippen LogP) is 3.69. The van der Waals surface area contributed by atoms with Crippen molar-refractivity contribution >= 4 is 17.8 Å². The van der Waals surface area contributed by atoms with Crippen molar-refractivity contribution in [3.05, 3.63) is 0 Å². The van der Waals surface area contributed by atoms with Gasteiger partial charge in [-0.25, -0.2) is 4.79 Å². The van der Waals surface area contributed by atoms with Gasteiger partial charge in [0.25, 0.3) is 0 Å². The number of amides is 1. The van der Waals surface area contributed by atoms with Gasteiger partial charge in [-0.1, -0.05) is 40.0 Å². The van der Waals surface area contributed by atoms with Gasteiger partial charge in [0.15, 0.2) is 5.78 Å². The largest absolute Gasteiger partial charge is 0.468 e. The molecule has 1 fully saturated rings. The average Bonchev–Trinajstić information content (AvgIpc) is 2.63. The van der Waals surface area contributed by atoms with Crippen LogP contribution in [0.1, 0.15) is 80.1 Å². The first-order chi connectivity index (χ1) is 13.4. The smallest absolute Gasteiger partial charge is 0.407 e. The number of rotatable bonds is 9. The minimum Gasteiger partial charge on any atom is -0.468 e. The molecule has 0 radical (unpaired) electrons. The zero-order valence-electron chi connectivity index (χ0n) is 19.3. The first-order valence-electron chi connectivity index (χ1n) is 10.8. The molecule has 1 amide bonds. The van der Waals surface area contributed by atoms with E-state index in [9.17, 15) is 14.4 Å². The highest BCUT2D eigenvalue weighted by Crippen LogP contribution is 2.32. The van der Waals surface area contributed by atoms with E-state index in [2.05, 4.69) is 12.2 Å². The fraction of sp³-hybridized carbons (Fsp3) is 0.864. The monoisotopic (exact) mass is 412 g/mol. The van der Waals surface area contributed by atoms with Crippen molar-refractivity contribution in [3.8, 4) is 0 Å². The molecule has 1 saturated heterocycles. The molecule has 0 aliphatic carbocycles. The summed E-state index contributed by atoms with van der Waals surface area (Å²) in [6.07, 6.45) is 4.67. The van der Waals surface area contributed by atoms with Crippen molar-refractivity contribution < 1.29 is 23.9 Å². The summed E-state index contributed by atoms with van der Waals surface area (Å²) in [5.74, 6) is -0.282. The molecule has 0 spiro atoms. The number of Topliss-reactive ketones (excluding diaryl/α,β-unsaturated/α-hetero) is 1. The third kappa shape index (κ3) is 7.96. The minimum absolute atomic E-state index is 0.0539. The quantitative estimate of drug-likeness (QED) is 0.581. The van der Waals surface area contributed by atoms with Crippen LogP contribution >= 0.6 is 0 Å². The SMILES string of the molecule is CCCCC(NC(=O)OC(C)(C)C)C(C)(C)C(=O)C1CCCCN1CC(=O)OC. The third-order valence-corrected chi connectivity index (χ3v) is 5.52. The standard InChI is InChI=1S/C22H40N2O5/c1-8-9-13-17(23-20(27)29-21(2,3)4)22(5,6)19(26)16-12-10-11-14-24(16)15-18(25)28-7/h16-17H,8-15H2,1-7H3,(H,23,27). The summed E-state index contributed by atoms with van der Waals surface area (Å²) in [5, 5.41) is 2.94. The summed E-state index contributed by atoms with van der Waals surface area (Å²) >= 11 is 0. The maximum atomic E-state index is 13.6. The van der Waals surface area contributed by atoms with Crippen LogP contribution in [0.4, 0.5) is 4.79 Å². The highest BCUT2D eigenvalue weighted by molar-refractivity contribution is 5.90. The Balaban J connectivity index is 3.00. The van der Waals surface area contributed by atoms with Gasteiger partial charge in [0.2, 0.25) is 0 Å². The number of piperidine rings is 1. The van der Waals surface area contributed by atoms with Gasteiger partial charge in [-0.2, -0.15) is 0 Å². The second-order valence-electron chi connectivity index (χ2n) is 9.49. The van der Waals surface area contributed by atoms with E-state index >= 15 is 0 Å². The third-order valence-electron chi connectivity index (χ3n) is 5.52. The maximum Gasteiger partial charge on any atom is 0.407 e. The van der Waals surface area contributed by atoms with E-state index < -0.39 is 17.1 Å². The van der Waals surface area contributed by atoms with Crippen LogP contribution in [0.3, 0.4) is 0 Å². The maximum absolute atomic E-state index is 13.6. The number of esters is 1. The van der Waals surface area contributed by atoms with Gasteiger partial charge >= 0.3 is 12.1 Å². The second kappa shape index (κ2) is 11.0. The molecule has 1 rings (SSSR count). The van der Waals surface area contributed by atoms with E-state index in [4.69, 9.17) is 9.47 Å². The fourth-order valence-electron chi connectivity index (χ4n) is 3.78. The molecular formula is C22H40N2O5. The molecule has 7 nitrogen and oxygen atoms in total. The van der Waals surface area contributed by atoms with Gasteiger partial charge < -0.3 is 14.8 Å². The average molecular weight is 413 g/mol. The van der Waals surface area contributed by atoms with Crippen molar-refractivity contribution in [1.29, 1.82) is 0 Å². The first-order valence-corrected chi connectivity index (χ1v) is 10.8. The zero-order chi connectivity index (χ0) is 22.2. The lowest BCUT2D eigenvalue weighted by atomic mass is 9.74. The molecule has 0 aromatic rings. The summed E-state index contributed by atoms with van der Waals surface area (Å²) < 4.78 is 10.2. The molecule has 2 atom stereocenters. The van der Waals surface area contributed by atoms with Crippen LogP contribution in [0.5, 0.6) is 0 Å². The number of unbranched alkanes of at least 4 members (excludes halogenated alkanes) is 1. The van der Waals surface area contributed by atoms with Crippen LogP contribution in [0, 0.1) is 5.41 Å². The van der Waals surface area contributed by atoms with E-state index in [1.165, 1.54) is 7.11 Å². The lowest BCUT2D eigenvalue weighted by Crippen LogP contribution is -2.57. The van der Waals surface area contributed by atoms with Gasteiger partial charge in [0.05, 0.1) is 19.7 Å². The van der Waals surface area contributed by atoms with Gasteiger partial charge in [-0.05, 0) is 46.6 Å². The van der Waals surface area contributed by atoms with Crippen molar-refractivity contribution in [1.82, 2.24) is 10.2 Å². The molecule has 0 bridgehead atoms. The number of methoxy groups -OCH3 is 1. The fourth-order valence-corrected chi connectivity index (χ4v) is 3.78. The Hall–Kier alpha value is -1.63. The van der Waals surface area contributed by atoms with Crippen molar-refractivity contribution in [2.24, 2.45) is 5.41 Å². The molecule has 1 heterocycles. The molecule has 0 aromatic carbocycles. The Labute approximate surface area is 175 Å². The Kier molecular flexibility index (Phi) is 9.59. The number of nitrogens with zero attached hydrogens (tertiary/aromatic N) is 1. The van der Waals surface area contributed by atoms with E-state index in [-0.39, 0.29) is 30.4 Å².